The quantitative estimate of drug-likeness (QED) is 0.845. The average Bonchev–Trinajstić information content (AvgIpc) is 2.29. The normalized spacial score (nSPS) is 24.7. The molecule has 1 aromatic carbocycles. The smallest absolute Gasteiger partial charge is 0.124 e. The van der Waals surface area contributed by atoms with Gasteiger partial charge in [0.25, 0.3) is 0 Å². The molecule has 2 nitrogen and oxygen atoms in total. The Hall–Kier alpha value is -1.02. The maximum Gasteiger partial charge on any atom is 0.124 e. The number of ether oxygens (including phenoxy) is 1. The monoisotopic (exact) mass is 233 g/mol. The van der Waals surface area contributed by atoms with Gasteiger partial charge in [0.15, 0.2) is 0 Å². The van der Waals surface area contributed by atoms with Crippen molar-refractivity contribution in [1.82, 2.24) is 5.32 Å². The van der Waals surface area contributed by atoms with E-state index >= 15 is 0 Å². The van der Waals surface area contributed by atoms with Gasteiger partial charge < -0.3 is 10.1 Å². The van der Waals surface area contributed by atoms with Crippen LogP contribution in [0.2, 0.25) is 0 Å². The Balaban J connectivity index is 2.42. The van der Waals surface area contributed by atoms with Gasteiger partial charge in [-0.15, -0.1) is 0 Å². The number of rotatable bonds is 2. The Morgan fingerprint density at radius 2 is 2.06 bits per heavy atom. The van der Waals surface area contributed by atoms with E-state index in [0.717, 1.165) is 12.3 Å². The molecule has 1 heterocycles. The van der Waals surface area contributed by atoms with Crippen LogP contribution in [0.25, 0.3) is 0 Å². The van der Waals surface area contributed by atoms with Crippen molar-refractivity contribution in [2.75, 3.05) is 13.7 Å². The first kappa shape index (κ1) is 12.4. The third-order valence-electron chi connectivity index (χ3n) is 3.79. The van der Waals surface area contributed by atoms with E-state index in [1.165, 1.54) is 29.5 Å². The molecule has 2 atom stereocenters. The first-order valence-corrected chi connectivity index (χ1v) is 6.52. The van der Waals surface area contributed by atoms with Crippen LogP contribution in [-0.4, -0.2) is 13.7 Å². The van der Waals surface area contributed by atoms with Crippen molar-refractivity contribution in [2.45, 2.75) is 39.7 Å². The second-order valence-corrected chi connectivity index (χ2v) is 5.25. The van der Waals surface area contributed by atoms with E-state index in [-0.39, 0.29) is 0 Å². The minimum atomic E-state index is 0.444. The summed E-state index contributed by atoms with van der Waals surface area (Å²) in [4.78, 5) is 0. The van der Waals surface area contributed by atoms with E-state index in [0.29, 0.717) is 12.0 Å². The highest BCUT2D eigenvalue weighted by Gasteiger charge is 2.26. The second kappa shape index (κ2) is 5.09. The maximum absolute atomic E-state index is 5.57. The van der Waals surface area contributed by atoms with Crippen LogP contribution >= 0.6 is 0 Å². The van der Waals surface area contributed by atoms with Crippen molar-refractivity contribution in [3.05, 3.63) is 28.8 Å². The molecule has 1 aliphatic rings. The number of hydrogen-bond donors (Lipinski definition) is 1. The lowest BCUT2D eigenvalue weighted by Crippen LogP contribution is -2.33. The summed E-state index contributed by atoms with van der Waals surface area (Å²) >= 11 is 0. The van der Waals surface area contributed by atoms with Crippen LogP contribution in [-0.2, 0) is 0 Å². The summed E-state index contributed by atoms with van der Waals surface area (Å²) in [7, 11) is 1.77. The zero-order valence-electron chi connectivity index (χ0n) is 11.3. The largest absolute Gasteiger partial charge is 0.496 e. The summed E-state index contributed by atoms with van der Waals surface area (Å²) in [6.45, 7) is 7.76. The van der Waals surface area contributed by atoms with Gasteiger partial charge in [0.2, 0.25) is 0 Å². The van der Waals surface area contributed by atoms with Gasteiger partial charge in [-0.3, -0.25) is 0 Å². The van der Waals surface area contributed by atoms with Gasteiger partial charge >= 0.3 is 0 Å². The van der Waals surface area contributed by atoms with Gasteiger partial charge in [0.1, 0.15) is 5.75 Å². The van der Waals surface area contributed by atoms with Crippen molar-refractivity contribution in [2.24, 2.45) is 5.92 Å². The number of benzene rings is 1. The molecule has 0 spiro atoms. The SMILES string of the molecule is COc1cc(C)cc(C)c1C1NCCCC1C. The Bertz CT molecular complexity index is 400. The van der Waals surface area contributed by atoms with E-state index in [2.05, 4.69) is 38.2 Å². The van der Waals surface area contributed by atoms with Gasteiger partial charge in [-0.05, 0) is 56.3 Å². The van der Waals surface area contributed by atoms with Crippen LogP contribution in [0.5, 0.6) is 5.75 Å². The van der Waals surface area contributed by atoms with Crippen molar-refractivity contribution < 1.29 is 4.74 Å². The lowest BCUT2D eigenvalue weighted by Gasteiger charge is -2.32. The predicted octanol–water partition coefficient (Wildman–Crippen LogP) is 3.37. The van der Waals surface area contributed by atoms with E-state index in [9.17, 15) is 0 Å². The van der Waals surface area contributed by atoms with Crippen LogP contribution < -0.4 is 10.1 Å². The summed E-state index contributed by atoms with van der Waals surface area (Å²) in [6, 6.07) is 4.84. The first-order chi connectivity index (χ1) is 8.13. The molecule has 1 saturated heterocycles. The molecule has 0 radical (unpaired) electrons. The summed E-state index contributed by atoms with van der Waals surface area (Å²) in [5.41, 5.74) is 3.96. The molecule has 17 heavy (non-hydrogen) atoms. The topological polar surface area (TPSA) is 21.3 Å². The number of methoxy groups -OCH3 is 1. The maximum atomic E-state index is 5.57. The molecule has 0 saturated carbocycles. The Labute approximate surface area is 104 Å². The Kier molecular flexibility index (Phi) is 3.72. The van der Waals surface area contributed by atoms with E-state index in [1.54, 1.807) is 7.11 Å². The minimum absolute atomic E-state index is 0.444. The van der Waals surface area contributed by atoms with Crippen LogP contribution in [0.3, 0.4) is 0 Å². The van der Waals surface area contributed by atoms with E-state index < -0.39 is 0 Å². The summed E-state index contributed by atoms with van der Waals surface area (Å²) in [5, 5.41) is 3.64. The fourth-order valence-electron chi connectivity index (χ4n) is 2.94. The lowest BCUT2D eigenvalue weighted by atomic mass is 9.85. The standard InChI is InChI=1S/C15H23NO/c1-10-8-12(3)14(13(9-10)17-4)15-11(2)6-5-7-16-15/h8-9,11,15-16H,5-7H2,1-4H3. The summed E-state index contributed by atoms with van der Waals surface area (Å²) < 4.78 is 5.57. The fourth-order valence-corrected chi connectivity index (χ4v) is 2.94. The molecular formula is C15H23NO. The lowest BCUT2D eigenvalue weighted by molar-refractivity contribution is 0.294. The zero-order valence-corrected chi connectivity index (χ0v) is 11.3. The number of piperidine rings is 1. The van der Waals surface area contributed by atoms with Crippen LogP contribution in [0, 0.1) is 19.8 Å². The molecule has 0 aromatic heterocycles. The molecule has 2 unspecified atom stereocenters. The first-order valence-electron chi connectivity index (χ1n) is 6.52. The molecule has 1 N–H and O–H groups in total. The molecule has 1 fully saturated rings. The zero-order chi connectivity index (χ0) is 12.4. The van der Waals surface area contributed by atoms with Crippen molar-refractivity contribution in [3.8, 4) is 5.75 Å². The van der Waals surface area contributed by atoms with Gasteiger partial charge in [-0.2, -0.15) is 0 Å². The van der Waals surface area contributed by atoms with Crippen molar-refractivity contribution in [3.63, 3.8) is 0 Å². The van der Waals surface area contributed by atoms with Crippen LogP contribution in [0.4, 0.5) is 0 Å². The van der Waals surface area contributed by atoms with Crippen LogP contribution in [0.15, 0.2) is 12.1 Å². The molecular weight excluding hydrogens is 210 g/mol. The second-order valence-electron chi connectivity index (χ2n) is 5.25. The van der Waals surface area contributed by atoms with Gasteiger partial charge in [0.05, 0.1) is 7.11 Å². The highest BCUT2D eigenvalue weighted by molar-refractivity contribution is 5.45. The van der Waals surface area contributed by atoms with Crippen molar-refractivity contribution >= 4 is 0 Å². The third-order valence-corrected chi connectivity index (χ3v) is 3.79. The molecule has 0 amide bonds. The predicted molar refractivity (Wildman–Crippen MR) is 71.6 cm³/mol. The average molecular weight is 233 g/mol. The number of aryl methyl sites for hydroxylation is 2. The molecule has 2 heteroatoms. The van der Waals surface area contributed by atoms with Crippen LogP contribution in [0.1, 0.15) is 42.5 Å². The minimum Gasteiger partial charge on any atom is -0.496 e. The molecule has 94 valence electrons. The van der Waals surface area contributed by atoms with E-state index in [4.69, 9.17) is 4.74 Å². The fraction of sp³-hybridized carbons (Fsp3) is 0.600. The van der Waals surface area contributed by atoms with E-state index in [1.807, 2.05) is 0 Å². The molecule has 2 rings (SSSR count). The number of hydrogen-bond acceptors (Lipinski definition) is 2. The number of nitrogens with one attached hydrogen (secondary N) is 1. The third kappa shape index (κ3) is 2.47. The molecule has 0 bridgehead atoms. The Morgan fingerprint density at radius 3 is 2.71 bits per heavy atom. The summed E-state index contributed by atoms with van der Waals surface area (Å²) in [6.07, 6.45) is 2.58. The van der Waals surface area contributed by atoms with Crippen molar-refractivity contribution in [1.29, 1.82) is 0 Å². The van der Waals surface area contributed by atoms with Gasteiger partial charge in [-0.1, -0.05) is 13.0 Å². The highest BCUT2D eigenvalue weighted by atomic mass is 16.5. The highest BCUT2D eigenvalue weighted by Crippen LogP contribution is 2.37. The molecule has 0 aliphatic carbocycles. The van der Waals surface area contributed by atoms with Gasteiger partial charge in [-0.25, -0.2) is 0 Å². The molecule has 1 aliphatic heterocycles. The summed E-state index contributed by atoms with van der Waals surface area (Å²) in [5.74, 6) is 1.72. The molecule has 1 aromatic rings. The van der Waals surface area contributed by atoms with Gasteiger partial charge in [0, 0.05) is 11.6 Å². The Morgan fingerprint density at radius 1 is 1.29 bits per heavy atom.